The van der Waals surface area contributed by atoms with Crippen LogP contribution in [0.25, 0.3) is 0 Å². The highest BCUT2D eigenvalue weighted by atomic mass is 19.1. The van der Waals surface area contributed by atoms with E-state index in [1.54, 1.807) is 0 Å². The van der Waals surface area contributed by atoms with Gasteiger partial charge in [0.1, 0.15) is 11.6 Å². The smallest absolute Gasteiger partial charge is 0.129 e. The van der Waals surface area contributed by atoms with Crippen LogP contribution < -0.4 is 0 Å². The van der Waals surface area contributed by atoms with Gasteiger partial charge in [-0.05, 0) is 79.9 Å². The fraction of sp³-hybridized carbons (Fsp3) is 0.760. The first kappa shape index (κ1) is 21.7. The first-order chi connectivity index (χ1) is 13.6. The van der Waals surface area contributed by atoms with E-state index in [1.165, 1.54) is 76.3 Å². The van der Waals surface area contributed by atoms with Crippen LogP contribution in [-0.4, -0.2) is 11.7 Å². The minimum atomic E-state index is -0.508. The zero-order chi connectivity index (χ0) is 19.9. The Balaban J connectivity index is 1.41. The number of halogens is 2. The van der Waals surface area contributed by atoms with Crippen LogP contribution in [0.4, 0.5) is 8.78 Å². The molecule has 158 valence electrons. The van der Waals surface area contributed by atoms with Gasteiger partial charge in [-0.3, -0.25) is 0 Å². The molecular formula is C25H38F2O. The lowest BCUT2D eigenvalue weighted by Gasteiger charge is -2.38. The summed E-state index contributed by atoms with van der Waals surface area (Å²) in [6.07, 6.45) is 15.6. The molecule has 0 amide bonds. The number of hydrogen-bond acceptors (Lipinski definition) is 1. The molecule has 3 heteroatoms. The van der Waals surface area contributed by atoms with E-state index >= 15 is 0 Å². The Labute approximate surface area is 169 Å². The van der Waals surface area contributed by atoms with Gasteiger partial charge in [-0.1, -0.05) is 45.4 Å². The maximum atomic E-state index is 14.0. The Kier molecular flexibility index (Phi) is 8.32. The zero-order valence-electron chi connectivity index (χ0n) is 17.6. The minimum absolute atomic E-state index is 0.0143. The molecule has 2 aliphatic rings. The summed E-state index contributed by atoms with van der Waals surface area (Å²) >= 11 is 0. The predicted octanol–water partition coefficient (Wildman–Crippen LogP) is 6.85. The van der Waals surface area contributed by atoms with Crippen LogP contribution in [0.1, 0.15) is 88.7 Å². The van der Waals surface area contributed by atoms with Crippen molar-refractivity contribution >= 4 is 0 Å². The van der Waals surface area contributed by atoms with Crippen LogP contribution in [-0.2, 0) is 12.8 Å². The molecule has 1 aromatic carbocycles. The second-order valence-electron chi connectivity index (χ2n) is 9.40. The molecule has 0 saturated heterocycles. The van der Waals surface area contributed by atoms with Crippen molar-refractivity contribution in [2.75, 3.05) is 6.61 Å². The summed E-state index contributed by atoms with van der Waals surface area (Å²) in [4.78, 5) is 0. The molecule has 0 atom stereocenters. The standard InChI is InChI=1S/C25H38F2O/c1-2-3-18-6-10-21(11-7-18)22-12-8-19(9-13-22)4-5-20-16-24(26)23(14-15-28)25(27)17-20/h16-19,21-22,28H,2-15H2,1H3. The largest absolute Gasteiger partial charge is 0.396 e. The molecule has 2 aliphatic carbocycles. The molecule has 0 bridgehead atoms. The Hall–Kier alpha value is -0.960. The summed E-state index contributed by atoms with van der Waals surface area (Å²) in [6, 6.07) is 2.93. The summed E-state index contributed by atoms with van der Waals surface area (Å²) in [5, 5.41) is 8.93. The molecular weight excluding hydrogens is 354 g/mol. The average molecular weight is 393 g/mol. The van der Waals surface area contributed by atoms with Crippen molar-refractivity contribution in [3.05, 3.63) is 34.9 Å². The molecule has 3 rings (SSSR count). The van der Waals surface area contributed by atoms with Gasteiger partial charge in [0.2, 0.25) is 0 Å². The third-order valence-corrected chi connectivity index (χ3v) is 7.55. The van der Waals surface area contributed by atoms with E-state index in [4.69, 9.17) is 5.11 Å². The SMILES string of the molecule is CCCC1CCC(C2CCC(CCc3cc(F)c(CCO)c(F)c3)CC2)CC1. The van der Waals surface area contributed by atoms with Crippen molar-refractivity contribution in [2.24, 2.45) is 23.7 Å². The van der Waals surface area contributed by atoms with E-state index in [0.29, 0.717) is 5.92 Å². The minimum Gasteiger partial charge on any atom is -0.396 e. The Bertz CT molecular complexity index is 576. The highest BCUT2D eigenvalue weighted by Gasteiger charge is 2.30. The first-order valence-corrected chi connectivity index (χ1v) is 11.7. The maximum Gasteiger partial charge on any atom is 0.129 e. The number of aliphatic hydroxyl groups excluding tert-OH is 1. The Morgan fingerprint density at radius 2 is 1.29 bits per heavy atom. The van der Waals surface area contributed by atoms with Crippen LogP contribution in [0.2, 0.25) is 0 Å². The van der Waals surface area contributed by atoms with Crippen molar-refractivity contribution in [2.45, 2.75) is 90.4 Å². The third-order valence-electron chi connectivity index (χ3n) is 7.55. The molecule has 1 aromatic rings. The second kappa shape index (κ2) is 10.7. The van der Waals surface area contributed by atoms with Crippen molar-refractivity contribution < 1.29 is 13.9 Å². The lowest BCUT2D eigenvalue weighted by molar-refractivity contribution is 0.141. The van der Waals surface area contributed by atoms with E-state index in [0.717, 1.165) is 36.2 Å². The molecule has 0 radical (unpaired) electrons. The molecule has 1 N–H and O–H groups in total. The highest BCUT2D eigenvalue weighted by Crippen LogP contribution is 2.43. The molecule has 0 aromatic heterocycles. The summed E-state index contributed by atoms with van der Waals surface area (Å²) in [5.41, 5.74) is 0.772. The van der Waals surface area contributed by atoms with Gasteiger partial charge in [-0.15, -0.1) is 0 Å². The lowest BCUT2D eigenvalue weighted by Crippen LogP contribution is -2.26. The van der Waals surface area contributed by atoms with E-state index in [9.17, 15) is 8.78 Å². The highest BCUT2D eigenvalue weighted by molar-refractivity contribution is 5.26. The topological polar surface area (TPSA) is 20.2 Å². The summed E-state index contributed by atoms with van der Waals surface area (Å²) in [6.45, 7) is 2.08. The molecule has 28 heavy (non-hydrogen) atoms. The number of aryl methyl sites for hydroxylation is 1. The normalized spacial score (nSPS) is 28.4. The summed E-state index contributed by atoms with van der Waals surface area (Å²) < 4.78 is 28.1. The fourth-order valence-electron chi connectivity index (χ4n) is 5.83. The van der Waals surface area contributed by atoms with Crippen LogP contribution in [0.15, 0.2) is 12.1 Å². The van der Waals surface area contributed by atoms with E-state index in [-0.39, 0.29) is 18.6 Å². The van der Waals surface area contributed by atoms with Gasteiger partial charge < -0.3 is 5.11 Å². The van der Waals surface area contributed by atoms with Crippen LogP contribution in [0.5, 0.6) is 0 Å². The van der Waals surface area contributed by atoms with Gasteiger partial charge in [-0.2, -0.15) is 0 Å². The Morgan fingerprint density at radius 1 is 0.786 bits per heavy atom. The van der Waals surface area contributed by atoms with Gasteiger partial charge in [0, 0.05) is 18.6 Å². The van der Waals surface area contributed by atoms with Gasteiger partial charge in [-0.25, -0.2) is 8.78 Å². The van der Waals surface area contributed by atoms with Crippen molar-refractivity contribution in [1.82, 2.24) is 0 Å². The zero-order valence-corrected chi connectivity index (χ0v) is 17.6. The van der Waals surface area contributed by atoms with Gasteiger partial charge in [0.25, 0.3) is 0 Å². The predicted molar refractivity (Wildman–Crippen MR) is 111 cm³/mol. The average Bonchev–Trinajstić information content (AvgIpc) is 2.70. The lowest BCUT2D eigenvalue weighted by atomic mass is 9.68. The summed E-state index contributed by atoms with van der Waals surface area (Å²) in [5.74, 6) is 2.55. The van der Waals surface area contributed by atoms with E-state index < -0.39 is 11.6 Å². The quantitative estimate of drug-likeness (QED) is 0.513. The molecule has 1 nitrogen and oxygen atoms in total. The monoisotopic (exact) mass is 392 g/mol. The summed E-state index contributed by atoms with van der Waals surface area (Å²) in [7, 11) is 0. The molecule has 0 spiro atoms. The number of benzene rings is 1. The molecule has 0 heterocycles. The third kappa shape index (κ3) is 5.78. The van der Waals surface area contributed by atoms with Crippen molar-refractivity contribution in [3.63, 3.8) is 0 Å². The van der Waals surface area contributed by atoms with E-state index in [2.05, 4.69) is 6.92 Å². The Morgan fingerprint density at radius 3 is 1.75 bits per heavy atom. The maximum absolute atomic E-state index is 14.0. The van der Waals surface area contributed by atoms with Gasteiger partial charge in [0.05, 0.1) is 0 Å². The number of rotatable bonds is 8. The number of hydrogen-bond donors (Lipinski definition) is 1. The van der Waals surface area contributed by atoms with Crippen LogP contribution in [0, 0.1) is 35.3 Å². The fourth-order valence-corrected chi connectivity index (χ4v) is 5.83. The van der Waals surface area contributed by atoms with Crippen molar-refractivity contribution in [3.8, 4) is 0 Å². The molecule has 2 fully saturated rings. The van der Waals surface area contributed by atoms with Crippen LogP contribution in [0.3, 0.4) is 0 Å². The molecule has 2 saturated carbocycles. The van der Waals surface area contributed by atoms with Crippen molar-refractivity contribution in [1.29, 1.82) is 0 Å². The molecule has 0 aliphatic heterocycles. The second-order valence-corrected chi connectivity index (χ2v) is 9.40. The van der Waals surface area contributed by atoms with E-state index in [1.807, 2.05) is 0 Å². The first-order valence-electron chi connectivity index (χ1n) is 11.7. The van der Waals surface area contributed by atoms with Gasteiger partial charge >= 0.3 is 0 Å². The van der Waals surface area contributed by atoms with Gasteiger partial charge in [0.15, 0.2) is 0 Å². The van der Waals surface area contributed by atoms with Crippen LogP contribution >= 0.6 is 0 Å². The molecule has 0 unspecified atom stereocenters. The number of aliphatic hydroxyl groups is 1.